The summed E-state index contributed by atoms with van der Waals surface area (Å²) in [5, 5.41) is 3.18. The number of hydrogen-bond acceptors (Lipinski definition) is 4. The standard InChI is InChI=1S/C26H24N2O3/c1-4-31-22-7-5-6-20(16-22)27-24-23(19-12-8-17(2)9-13-19)25(29)28(26(24)30)21-14-10-18(3)11-15-21/h5-16,27H,4H2,1-3H3. The van der Waals surface area contributed by atoms with E-state index in [1.165, 1.54) is 4.90 Å². The van der Waals surface area contributed by atoms with Gasteiger partial charge in [-0.3, -0.25) is 9.59 Å². The van der Waals surface area contributed by atoms with Gasteiger partial charge in [0.05, 0.1) is 17.9 Å². The van der Waals surface area contributed by atoms with Crippen molar-refractivity contribution in [1.82, 2.24) is 0 Å². The number of carbonyl (C=O) groups is 2. The first-order valence-electron chi connectivity index (χ1n) is 10.2. The van der Waals surface area contributed by atoms with E-state index in [1.807, 2.05) is 81.4 Å². The molecule has 0 saturated heterocycles. The molecule has 3 aromatic rings. The Hall–Kier alpha value is -3.86. The van der Waals surface area contributed by atoms with Gasteiger partial charge in [0.15, 0.2) is 0 Å². The molecule has 5 heteroatoms. The lowest BCUT2D eigenvalue weighted by atomic mass is 10.0. The van der Waals surface area contributed by atoms with Gasteiger partial charge in [0, 0.05) is 11.8 Å². The van der Waals surface area contributed by atoms with Crippen LogP contribution in [-0.4, -0.2) is 18.4 Å². The lowest BCUT2D eigenvalue weighted by Gasteiger charge is -2.15. The molecular formula is C26H24N2O3. The Balaban J connectivity index is 1.78. The normalized spacial score (nSPS) is 13.7. The van der Waals surface area contributed by atoms with Gasteiger partial charge >= 0.3 is 0 Å². The first kappa shape index (κ1) is 20.4. The Morgan fingerprint density at radius 3 is 2.13 bits per heavy atom. The summed E-state index contributed by atoms with van der Waals surface area (Å²) in [4.78, 5) is 28.1. The summed E-state index contributed by atoms with van der Waals surface area (Å²) in [5.74, 6) is -0.0374. The predicted molar refractivity (Wildman–Crippen MR) is 123 cm³/mol. The average Bonchev–Trinajstić information content (AvgIpc) is 3.00. The minimum absolute atomic E-state index is 0.253. The smallest absolute Gasteiger partial charge is 0.282 e. The van der Waals surface area contributed by atoms with Crippen LogP contribution < -0.4 is 15.0 Å². The highest BCUT2D eigenvalue weighted by atomic mass is 16.5. The van der Waals surface area contributed by atoms with Gasteiger partial charge in [-0.25, -0.2) is 4.90 Å². The number of rotatable bonds is 6. The summed E-state index contributed by atoms with van der Waals surface area (Å²) in [6, 6.07) is 22.3. The third-order valence-electron chi connectivity index (χ3n) is 5.13. The van der Waals surface area contributed by atoms with Gasteiger partial charge in [0.25, 0.3) is 11.8 Å². The van der Waals surface area contributed by atoms with Crippen LogP contribution in [0.15, 0.2) is 78.5 Å². The van der Waals surface area contributed by atoms with E-state index in [2.05, 4.69) is 5.32 Å². The maximum absolute atomic E-state index is 13.4. The van der Waals surface area contributed by atoms with Gasteiger partial charge in [0.1, 0.15) is 11.4 Å². The lowest BCUT2D eigenvalue weighted by molar-refractivity contribution is -0.120. The highest BCUT2D eigenvalue weighted by Crippen LogP contribution is 2.34. The molecule has 5 nitrogen and oxygen atoms in total. The van der Waals surface area contributed by atoms with Gasteiger partial charge in [-0.2, -0.15) is 0 Å². The van der Waals surface area contributed by atoms with E-state index < -0.39 is 0 Å². The third kappa shape index (κ3) is 4.08. The van der Waals surface area contributed by atoms with Crippen molar-refractivity contribution in [3.63, 3.8) is 0 Å². The highest BCUT2D eigenvalue weighted by Gasteiger charge is 2.40. The van der Waals surface area contributed by atoms with Crippen LogP contribution in [-0.2, 0) is 9.59 Å². The minimum Gasteiger partial charge on any atom is -0.494 e. The van der Waals surface area contributed by atoms with Crippen LogP contribution in [0, 0.1) is 13.8 Å². The van der Waals surface area contributed by atoms with Crippen LogP contribution in [0.4, 0.5) is 11.4 Å². The number of aryl methyl sites for hydroxylation is 2. The summed E-state index contributed by atoms with van der Waals surface area (Å²) in [6.45, 7) is 6.40. The summed E-state index contributed by atoms with van der Waals surface area (Å²) in [6.07, 6.45) is 0. The Morgan fingerprint density at radius 1 is 0.839 bits per heavy atom. The second-order valence-corrected chi connectivity index (χ2v) is 7.48. The van der Waals surface area contributed by atoms with Crippen LogP contribution in [0.25, 0.3) is 5.57 Å². The van der Waals surface area contributed by atoms with Crippen molar-refractivity contribution >= 4 is 28.8 Å². The first-order valence-corrected chi connectivity index (χ1v) is 10.2. The predicted octanol–water partition coefficient (Wildman–Crippen LogP) is 5.10. The number of nitrogens with zero attached hydrogens (tertiary/aromatic N) is 1. The topological polar surface area (TPSA) is 58.6 Å². The summed E-state index contributed by atoms with van der Waals surface area (Å²) in [7, 11) is 0. The van der Waals surface area contributed by atoms with Crippen LogP contribution in [0.1, 0.15) is 23.6 Å². The molecule has 0 fully saturated rings. The molecule has 1 aliphatic heterocycles. The number of ether oxygens (including phenoxy) is 1. The number of carbonyl (C=O) groups excluding carboxylic acids is 2. The molecule has 0 bridgehead atoms. The third-order valence-corrected chi connectivity index (χ3v) is 5.13. The molecule has 2 amide bonds. The largest absolute Gasteiger partial charge is 0.494 e. The highest BCUT2D eigenvalue weighted by molar-refractivity contribution is 6.46. The van der Waals surface area contributed by atoms with E-state index in [0.29, 0.717) is 34.9 Å². The molecule has 0 atom stereocenters. The second-order valence-electron chi connectivity index (χ2n) is 7.48. The monoisotopic (exact) mass is 412 g/mol. The van der Waals surface area contributed by atoms with Gasteiger partial charge < -0.3 is 10.1 Å². The maximum Gasteiger partial charge on any atom is 0.282 e. The van der Waals surface area contributed by atoms with Crippen molar-refractivity contribution in [2.24, 2.45) is 0 Å². The Bertz CT molecular complexity index is 1160. The lowest BCUT2D eigenvalue weighted by Crippen LogP contribution is -2.32. The van der Waals surface area contributed by atoms with Crippen molar-refractivity contribution in [1.29, 1.82) is 0 Å². The minimum atomic E-state index is -0.383. The zero-order valence-electron chi connectivity index (χ0n) is 17.8. The molecule has 0 aliphatic carbocycles. The number of nitrogens with one attached hydrogen (secondary N) is 1. The summed E-state index contributed by atoms with van der Waals surface area (Å²) >= 11 is 0. The number of benzene rings is 3. The molecule has 0 saturated carbocycles. The molecule has 0 unspecified atom stereocenters. The van der Waals surface area contributed by atoms with Gasteiger partial charge in [-0.1, -0.05) is 53.6 Å². The molecule has 1 heterocycles. The van der Waals surface area contributed by atoms with E-state index in [4.69, 9.17) is 4.74 Å². The fourth-order valence-electron chi connectivity index (χ4n) is 3.54. The quantitative estimate of drug-likeness (QED) is 0.573. The molecule has 0 aromatic heterocycles. The molecule has 31 heavy (non-hydrogen) atoms. The Morgan fingerprint density at radius 2 is 1.48 bits per heavy atom. The Kier molecular flexibility index (Phi) is 5.58. The maximum atomic E-state index is 13.4. The van der Waals surface area contributed by atoms with Crippen molar-refractivity contribution in [2.45, 2.75) is 20.8 Å². The Labute approximate surface area is 182 Å². The van der Waals surface area contributed by atoms with Crippen LogP contribution in [0.3, 0.4) is 0 Å². The van der Waals surface area contributed by atoms with Crippen LogP contribution >= 0.6 is 0 Å². The zero-order chi connectivity index (χ0) is 22.0. The molecule has 156 valence electrons. The van der Waals surface area contributed by atoms with Crippen molar-refractivity contribution in [3.05, 3.63) is 95.2 Å². The molecule has 1 N–H and O–H groups in total. The average molecular weight is 412 g/mol. The van der Waals surface area contributed by atoms with Crippen molar-refractivity contribution < 1.29 is 14.3 Å². The number of hydrogen-bond donors (Lipinski definition) is 1. The molecule has 0 spiro atoms. The van der Waals surface area contributed by atoms with Crippen LogP contribution in [0.2, 0.25) is 0 Å². The molecule has 1 aliphatic rings. The second kappa shape index (κ2) is 8.48. The SMILES string of the molecule is CCOc1cccc(NC2=C(c3ccc(C)cc3)C(=O)N(c3ccc(C)cc3)C2=O)c1. The van der Waals surface area contributed by atoms with Crippen LogP contribution in [0.5, 0.6) is 5.75 Å². The van der Waals surface area contributed by atoms with Crippen molar-refractivity contribution in [3.8, 4) is 5.75 Å². The van der Waals surface area contributed by atoms with Gasteiger partial charge in [-0.15, -0.1) is 0 Å². The van der Waals surface area contributed by atoms with E-state index in [1.54, 1.807) is 12.1 Å². The summed E-state index contributed by atoms with van der Waals surface area (Å²) in [5.41, 5.74) is 4.66. The zero-order valence-corrected chi connectivity index (χ0v) is 17.8. The van der Waals surface area contributed by atoms with Gasteiger partial charge in [0.2, 0.25) is 0 Å². The van der Waals surface area contributed by atoms with E-state index >= 15 is 0 Å². The fraction of sp³-hybridized carbons (Fsp3) is 0.154. The van der Waals surface area contributed by atoms with E-state index in [0.717, 1.165) is 11.1 Å². The number of imide groups is 1. The molecule has 0 radical (unpaired) electrons. The number of anilines is 2. The van der Waals surface area contributed by atoms with Crippen molar-refractivity contribution in [2.75, 3.05) is 16.8 Å². The van der Waals surface area contributed by atoms with E-state index in [-0.39, 0.29) is 17.5 Å². The molecule has 4 rings (SSSR count). The molecular weight excluding hydrogens is 388 g/mol. The summed E-state index contributed by atoms with van der Waals surface area (Å²) < 4.78 is 5.57. The first-order chi connectivity index (χ1) is 15.0. The number of amides is 2. The fourth-order valence-corrected chi connectivity index (χ4v) is 3.54. The molecule has 3 aromatic carbocycles. The van der Waals surface area contributed by atoms with E-state index in [9.17, 15) is 9.59 Å². The van der Waals surface area contributed by atoms with Gasteiger partial charge in [-0.05, 0) is 50.6 Å².